The number of alkyl halides is 3. The van der Waals surface area contributed by atoms with Gasteiger partial charge in [0, 0.05) is 37.2 Å². The van der Waals surface area contributed by atoms with Crippen LogP contribution in [0.5, 0.6) is 11.5 Å². The van der Waals surface area contributed by atoms with E-state index in [0.29, 0.717) is 54.4 Å². The van der Waals surface area contributed by atoms with E-state index in [1.165, 1.54) is 12.1 Å². The van der Waals surface area contributed by atoms with Crippen molar-refractivity contribution in [3.8, 4) is 34.1 Å². The van der Waals surface area contributed by atoms with Gasteiger partial charge in [-0.2, -0.15) is 13.2 Å². The number of fused-ring (bicyclic) bond motifs is 2. The molecule has 0 spiro atoms. The molecule has 2 aromatic heterocycles. The fraction of sp³-hybridized carbons (Fsp3) is 0.222. The molecule has 0 atom stereocenters. The van der Waals surface area contributed by atoms with E-state index in [1.807, 2.05) is 36.4 Å². The number of ether oxygens (including phenoxy) is 2. The van der Waals surface area contributed by atoms with Crippen LogP contribution in [0.4, 0.5) is 13.2 Å². The lowest BCUT2D eigenvalue weighted by Crippen LogP contribution is -2.35. The molecule has 0 fully saturated rings. The number of pyridine rings is 1. The highest BCUT2D eigenvalue weighted by molar-refractivity contribution is 5.64. The molecule has 0 saturated heterocycles. The number of hydrogen-bond donors (Lipinski definition) is 1. The zero-order chi connectivity index (χ0) is 25.6. The van der Waals surface area contributed by atoms with Crippen LogP contribution in [0.15, 0.2) is 65.5 Å². The van der Waals surface area contributed by atoms with Crippen molar-refractivity contribution in [2.24, 2.45) is 0 Å². The zero-order valence-electron chi connectivity index (χ0n) is 19.5. The third-order valence-electron chi connectivity index (χ3n) is 6.49. The second-order valence-corrected chi connectivity index (χ2v) is 8.96. The van der Waals surface area contributed by atoms with Crippen molar-refractivity contribution in [1.29, 1.82) is 0 Å². The minimum atomic E-state index is -4.42. The monoisotopic (exact) mass is 506 g/mol. The number of H-pyrrole nitrogens is 1. The quantitative estimate of drug-likeness (QED) is 0.428. The second kappa shape index (κ2) is 9.04. The topological polar surface area (TPSA) is 80.3 Å². The van der Waals surface area contributed by atoms with Gasteiger partial charge in [0.15, 0.2) is 11.5 Å². The molecule has 37 heavy (non-hydrogen) atoms. The molecule has 0 radical (unpaired) electrons. The molecule has 2 aromatic carbocycles. The van der Waals surface area contributed by atoms with Crippen molar-refractivity contribution in [2.75, 3.05) is 13.3 Å². The van der Waals surface area contributed by atoms with Crippen LogP contribution >= 0.6 is 0 Å². The fourth-order valence-electron chi connectivity index (χ4n) is 4.58. The van der Waals surface area contributed by atoms with Gasteiger partial charge in [-0.3, -0.25) is 14.7 Å². The van der Waals surface area contributed by atoms with Crippen LogP contribution < -0.4 is 15.0 Å². The summed E-state index contributed by atoms with van der Waals surface area (Å²) in [7, 11) is 0. The number of hydrogen-bond acceptors (Lipinski definition) is 6. The summed E-state index contributed by atoms with van der Waals surface area (Å²) in [5.74, 6) is 1.68. The van der Waals surface area contributed by atoms with E-state index in [2.05, 4.69) is 14.9 Å². The first-order chi connectivity index (χ1) is 17.8. The lowest BCUT2D eigenvalue weighted by atomic mass is 10.1. The minimum absolute atomic E-state index is 0.211. The first-order valence-electron chi connectivity index (χ1n) is 11.7. The van der Waals surface area contributed by atoms with Crippen LogP contribution in [0.3, 0.4) is 0 Å². The molecule has 4 aromatic rings. The van der Waals surface area contributed by atoms with E-state index in [1.54, 1.807) is 0 Å². The van der Waals surface area contributed by atoms with Crippen LogP contribution in [-0.4, -0.2) is 33.2 Å². The van der Waals surface area contributed by atoms with Gasteiger partial charge in [0.1, 0.15) is 5.82 Å². The van der Waals surface area contributed by atoms with Crippen molar-refractivity contribution < 1.29 is 22.6 Å². The third-order valence-corrected chi connectivity index (χ3v) is 6.49. The molecular weight excluding hydrogens is 485 g/mol. The van der Waals surface area contributed by atoms with Crippen molar-refractivity contribution in [2.45, 2.75) is 25.7 Å². The Morgan fingerprint density at radius 3 is 2.54 bits per heavy atom. The highest BCUT2D eigenvalue weighted by Crippen LogP contribution is 2.35. The Labute approximate surface area is 209 Å². The Hall–Kier alpha value is -4.18. The Morgan fingerprint density at radius 1 is 0.946 bits per heavy atom. The van der Waals surface area contributed by atoms with Gasteiger partial charge in [0.25, 0.3) is 5.56 Å². The molecule has 2 aliphatic heterocycles. The third kappa shape index (κ3) is 4.67. The molecule has 1 N–H and O–H groups in total. The van der Waals surface area contributed by atoms with E-state index < -0.39 is 11.7 Å². The van der Waals surface area contributed by atoms with Crippen LogP contribution in [0.1, 0.15) is 22.5 Å². The van der Waals surface area contributed by atoms with Crippen molar-refractivity contribution in [3.05, 3.63) is 93.5 Å². The normalized spacial score (nSPS) is 15.0. The van der Waals surface area contributed by atoms with Crippen LogP contribution in [0, 0.1) is 0 Å². The van der Waals surface area contributed by atoms with E-state index in [0.717, 1.165) is 29.1 Å². The second-order valence-electron chi connectivity index (χ2n) is 8.96. The fourth-order valence-corrected chi connectivity index (χ4v) is 4.58. The highest BCUT2D eigenvalue weighted by Gasteiger charge is 2.30. The largest absolute Gasteiger partial charge is 0.454 e. The summed E-state index contributed by atoms with van der Waals surface area (Å²) < 4.78 is 49.5. The highest BCUT2D eigenvalue weighted by atomic mass is 19.4. The number of nitrogens with one attached hydrogen (secondary N) is 1. The lowest BCUT2D eigenvalue weighted by Gasteiger charge is -2.27. The Balaban J connectivity index is 1.19. The Morgan fingerprint density at radius 2 is 1.73 bits per heavy atom. The molecule has 7 nitrogen and oxygen atoms in total. The predicted molar refractivity (Wildman–Crippen MR) is 129 cm³/mol. The summed E-state index contributed by atoms with van der Waals surface area (Å²) in [6.45, 7) is 1.84. The molecule has 6 rings (SSSR count). The Bertz CT molecular complexity index is 1530. The number of benzene rings is 2. The van der Waals surface area contributed by atoms with E-state index in [-0.39, 0.29) is 18.2 Å². The minimum Gasteiger partial charge on any atom is -0.454 e. The molecule has 0 aliphatic carbocycles. The van der Waals surface area contributed by atoms with Gasteiger partial charge in [-0.15, -0.1) is 0 Å². The Kier molecular flexibility index (Phi) is 5.68. The summed E-state index contributed by atoms with van der Waals surface area (Å²) in [5.41, 5.74) is 3.23. The summed E-state index contributed by atoms with van der Waals surface area (Å²) >= 11 is 0. The maximum atomic E-state index is 12.9. The summed E-state index contributed by atoms with van der Waals surface area (Å²) in [4.78, 5) is 27.1. The van der Waals surface area contributed by atoms with Crippen molar-refractivity contribution >= 4 is 0 Å². The van der Waals surface area contributed by atoms with Gasteiger partial charge in [-0.05, 0) is 42.5 Å². The van der Waals surface area contributed by atoms with Gasteiger partial charge in [-0.25, -0.2) is 4.98 Å². The molecule has 0 unspecified atom stereocenters. The van der Waals surface area contributed by atoms with Crippen LogP contribution in [0.2, 0.25) is 0 Å². The molecule has 10 heteroatoms. The number of aromatic nitrogens is 3. The molecule has 0 bridgehead atoms. The van der Waals surface area contributed by atoms with Crippen LogP contribution in [0.25, 0.3) is 22.6 Å². The molecule has 2 aliphatic rings. The maximum absolute atomic E-state index is 12.9. The number of nitrogens with zero attached hydrogens (tertiary/aromatic N) is 3. The van der Waals surface area contributed by atoms with E-state index in [4.69, 9.17) is 14.5 Å². The van der Waals surface area contributed by atoms with Crippen molar-refractivity contribution in [3.63, 3.8) is 0 Å². The van der Waals surface area contributed by atoms with E-state index in [9.17, 15) is 18.0 Å². The summed E-state index contributed by atoms with van der Waals surface area (Å²) in [6.07, 6.45) is -3.87. The standard InChI is InChI=1S/C27H21F3N4O3/c28-27(29,30)18-7-4-16(5-8-18)25-32-22-10-11-34(14-20(22)26(35)33-25)13-19-2-1-3-21(31-19)17-6-9-23-24(12-17)37-15-36-23/h1-9,12H,10-11,13-15H2,(H,32,33,35). The lowest BCUT2D eigenvalue weighted by molar-refractivity contribution is -0.137. The molecular formula is C27H21F3N4O3. The average molecular weight is 506 g/mol. The van der Waals surface area contributed by atoms with Gasteiger partial charge >= 0.3 is 6.18 Å². The van der Waals surface area contributed by atoms with Gasteiger partial charge < -0.3 is 14.5 Å². The average Bonchev–Trinajstić information content (AvgIpc) is 3.37. The van der Waals surface area contributed by atoms with Crippen LogP contribution in [-0.2, 0) is 25.7 Å². The van der Waals surface area contributed by atoms with Gasteiger partial charge in [0.05, 0.1) is 28.2 Å². The van der Waals surface area contributed by atoms with Gasteiger partial charge in [-0.1, -0.05) is 18.2 Å². The van der Waals surface area contributed by atoms with E-state index >= 15 is 0 Å². The van der Waals surface area contributed by atoms with Gasteiger partial charge in [0.2, 0.25) is 6.79 Å². The first-order valence-corrected chi connectivity index (χ1v) is 11.7. The maximum Gasteiger partial charge on any atom is 0.416 e. The summed E-state index contributed by atoms with van der Waals surface area (Å²) in [5, 5.41) is 0. The summed E-state index contributed by atoms with van der Waals surface area (Å²) in [6, 6.07) is 16.2. The number of aromatic amines is 1. The number of halogens is 3. The molecule has 0 amide bonds. The molecule has 0 saturated carbocycles. The molecule has 188 valence electrons. The molecule has 4 heterocycles. The number of rotatable bonds is 4. The zero-order valence-corrected chi connectivity index (χ0v) is 19.5. The SMILES string of the molecule is O=c1[nH]c(-c2ccc(C(F)(F)F)cc2)nc2c1CN(Cc1cccc(-c3ccc4c(c3)OCO4)n1)CC2. The smallest absolute Gasteiger partial charge is 0.416 e. The first kappa shape index (κ1) is 23.2. The predicted octanol–water partition coefficient (Wildman–Crippen LogP) is 4.80. The van der Waals surface area contributed by atoms with Crippen molar-refractivity contribution in [1.82, 2.24) is 19.9 Å².